The average Bonchev–Trinajstić information content (AvgIpc) is 3.20. The van der Waals surface area contributed by atoms with Crippen LogP contribution in [0, 0.1) is 17.3 Å². The molecule has 1 saturated heterocycles. The molecular formula is C25H27Cl2NO4S2. The van der Waals surface area contributed by atoms with E-state index in [4.69, 9.17) is 44.9 Å². The molecule has 2 saturated carbocycles. The predicted molar refractivity (Wildman–Crippen MR) is 141 cm³/mol. The van der Waals surface area contributed by atoms with E-state index in [0.717, 1.165) is 31.2 Å². The molecule has 2 atom stereocenters. The Hall–Kier alpha value is -1.54. The van der Waals surface area contributed by atoms with Crippen LogP contribution in [0.4, 0.5) is 0 Å². The minimum atomic E-state index is -0.361. The van der Waals surface area contributed by atoms with Crippen LogP contribution in [-0.4, -0.2) is 34.2 Å². The van der Waals surface area contributed by atoms with Crippen molar-refractivity contribution in [2.24, 2.45) is 17.3 Å². The van der Waals surface area contributed by atoms with Crippen LogP contribution in [0.25, 0.3) is 6.08 Å². The number of thiocarbonyl (C=S) groups is 1. The van der Waals surface area contributed by atoms with E-state index < -0.39 is 0 Å². The first-order chi connectivity index (χ1) is 16.1. The van der Waals surface area contributed by atoms with Gasteiger partial charge in [-0.1, -0.05) is 86.4 Å². The molecule has 2 aliphatic carbocycles. The minimum absolute atomic E-state index is 0.0376. The van der Waals surface area contributed by atoms with Crippen molar-refractivity contribution in [3.63, 3.8) is 0 Å². The SMILES string of the molecule is COc1cc(/C=C2\SC(=S)N(C3CCCCC3)C2=O)ccc1OC(=O)[C@@H]1[C@H](C=C(Cl)Cl)C1(C)C. The van der Waals surface area contributed by atoms with Crippen LogP contribution in [0.5, 0.6) is 11.5 Å². The fourth-order valence-electron chi connectivity index (χ4n) is 4.89. The predicted octanol–water partition coefficient (Wildman–Crippen LogP) is 6.73. The van der Waals surface area contributed by atoms with Crippen molar-refractivity contribution in [3.05, 3.63) is 39.2 Å². The largest absolute Gasteiger partial charge is 0.493 e. The number of hydrogen-bond donors (Lipinski definition) is 0. The number of thioether (sulfide) groups is 1. The van der Waals surface area contributed by atoms with Crippen molar-refractivity contribution < 1.29 is 19.1 Å². The lowest BCUT2D eigenvalue weighted by molar-refractivity contribution is -0.136. The third-order valence-corrected chi connectivity index (χ3v) is 8.51. The maximum atomic E-state index is 13.1. The van der Waals surface area contributed by atoms with Crippen LogP contribution in [0.15, 0.2) is 33.7 Å². The van der Waals surface area contributed by atoms with Crippen molar-refractivity contribution in [1.29, 1.82) is 0 Å². The fraction of sp³-hybridized carbons (Fsp3) is 0.480. The Bertz CT molecular complexity index is 1070. The monoisotopic (exact) mass is 539 g/mol. The Kier molecular flexibility index (Phi) is 7.67. The molecule has 0 bridgehead atoms. The second-order valence-electron chi connectivity index (χ2n) is 9.46. The van der Waals surface area contributed by atoms with Gasteiger partial charge in [0.2, 0.25) is 0 Å². The van der Waals surface area contributed by atoms with Crippen LogP contribution in [0.1, 0.15) is 51.5 Å². The molecule has 1 amide bonds. The van der Waals surface area contributed by atoms with Crippen molar-refractivity contribution in [1.82, 2.24) is 4.90 Å². The Morgan fingerprint density at radius 3 is 2.56 bits per heavy atom. The first-order valence-electron chi connectivity index (χ1n) is 11.3. The highest BCUT2D eigenvalue weighted by Crippen LogP contribution is 2.60. The van der Waals surface area contributed by atoms with Gasteiger partial charge in [-0.3, -0.25) is 14.5 Å². The number of hydrogen-bond acceptors (Lipinski definition) is 6. The molecule has 5 nitrogen and oxygen atoms in total. The Labute approximate surface area is 219 Å². The zero-order chi connectivity index (χ0) is 24.6. The molecule has 0 unspecified atom stereocenters. The molecule has 0 N–H and O–H groups in total. The fourth-order valence-corrected chi connectivity index (χ4v) is 6.56. The number of nitrogens with zero attached hydrogens (tertiary/aromatic N) is 1. The number of halogens is 2. The van der Waals surface area contributed by atoms with Crippen LogP contribution < -0.4 is 9.47 Å². The first kappa shape index (κ1) is 25.5. The van der Waals surface area contributed by atoms with Gasteiger partial charge in [-0.05, 0) is 54.0 Å². The molecule has 0 aromatic heterocycles. The molecule has 3 fully saturated rings. The zero-order valence-corrected chi connectivity index (χ0v) is 22.5. The summed E-state index contributed by atoms with van der Waals surface area (Å²) in [5, 5.41) is 0. The van der Waals surface area contributed by atoms with Crippen molar-refractivity contribution in [2.45, 2.75) is 52.0 Å². The van der Waals surface area contributed by atoms with E-state index in [2.05, 4.69) is 0 Å². The number of rotatable bonds is 6. The zero-order valence-electron chi connectivity index (χ0n) is 19.3. The number of carbonyl (C=O) groups excluding carboxylic acids is 2. The number of carbonyl (C=O) groups is 2. The Morgan fingerprint density at radius 1 is 1.21 bits per heavy atom. The van der Waals surface area contributed by atoms with Crippen LogP contribution >= 0.6 is 47.2 Å². The van der Waals surface area contributed by atoms with Gasteiger partial charge < -0.3 is 9.47 Å². The Morgan fingerprint density at radius 2 is 1.91 bits per heavy atom. The molecule has 34 heavy (non-hydrogen) atoms. The molecule has 4 rings (SSSR count). The number of benzene rings is 1. The maximum absolute atomic E-state index is 13.1. The molecule has 0 spiro atoms. The molecule has 182 valence electrons. The van der Waals surface area contributed by atoms with Gasteiger partial charge in [-0.25, -0.2) is 0 Å². The minimum Gasteiger partial charge on any atom is -0.493 e. The average molecular weight is 541 g/mol. The van der Waals surface area contributed by atoms with Crippen molar-refractivity contribution >= 4 is 69.5 Å². The van der Waals surface area contributed by atoms with E-state index in [1.54, 1.807) is 29.2 Å². The molecule has 1 aromatic rings. The van der Waals surface area contributed by atoms with Gasteiger partial charge in [0.15, 0.2) is 11.5 Å². The number of ether oxygens (including phenoxy) is 2. The molecule has 3 aliphatic rings. The van der Waals surface area contributed by atoms with Crippen molar-refractivity contribution in [3.8, 4) is 11.5 Å². The normalized spacial score (nSPS) is 25.4. The number of allylic oxidation sites excluding steroid dienone is 1. The van der Waals surface area contributed by atoms with Gasteiger partial charge in [0.25, 0.3) is 5.91 Å². The lowest BCUT2D eigenvalue weighted by Crippen LogP contribution is -2.39. The summed E-state index contributed by atoms with van der Waals surface area (Å²) in [6.45, 7) is 3.95. The summed E-state index contributed by atoms with van der Waals surface area (Å²) in [6, 6.07) is 5.42. The third-order valence-electron chi connectivity index (χ3n) is 6.93. The van der Waals surface area contributed by atoms with Crippen LogP contribution in [0.2, 0.25) is 0 Å². The van der Waals surface area contributed by atoms with Gasteiger partial charge in [-0.15, -0.1) is 0 Å². The Balaban J connectivity index is 1.49. The topological polar surface area (TPSA) is 55.8 Å². The lowest BCUT2D eigenvalue weighted by atomic mass is 9.94. The van der Waals surface area contributed by atoms with Gasteiger partial charge in [0.05, 0.1) is 17.9 Å². The first-order valence-corrected chi connectivity index (χ1v) is 13.3. The summed E-state index contributed by atoms with van der Waals surface area (Å²) in [5.41, 5.74) is 0.481. The van der Waals surface area contributed by atoms with Gasteiger partial charge in [0.1, 0.15) is 8.81 Å². The van der Waals surface area contributed by atoms with E-state index in [0.29, 0.717) is 20.7 Å². The number of methoxy groups -OCH3 is 1. The van der Waals surface area contributed by atoms with E-state index >= 15 is 0 Å². The van der Waals surface area contributed by atoms with Crippen molar-refractivity contribution in [2.75, 3.05) is 7.11 Å². The van der Waals surface area contributed by atoms with Crippen LogP contribution in [-0.2, 0) is 9.59 Å². The number of esters is 1. The molecule has 9 heteroatoms. The number of amides is 1. The van der Waals surface area contributed by atoms with Gasteiger partial charge in [-0.2, -0.15) is 0 Å². The molecule has 0 radical (unpaired) electrons. The second-order valence-corrected chi connectivity index (χ2v) is 12.1. The summed E-state index contributed by atoms with van der Waals surface area (Å²) < 4.78 is 11.9. The molecular weight excluding hydrogens is 513 g/mol. The van der Waals surface area contributed by atoms with E-state index in [1.807, 2.05) is 19.9 Å². The van der Waals surface area contributed by atoms with Gasteiger partial charge >= 0.3 is 5.97 Å². The van der Waals surface area contributed by atoms with E-state index in [9.17, 15) is 9.59 Å². The molecule has 1 aliphatic heterocycles. The highest BCUT2D eigenvalue weighted by molar-refractivity contribution is 8.26. The summed E-state index contributed by atoms with van der Waals surface area (Å²) in [6.07, 6.45) is 8.97. The summed E-state index contributed by atoms with van der Waals surface area (Å²) in [5.74, 6) is -0.0932. The third kappa shape index (κ3) is 5.18. The van der Waals surface area contributed by atoms with E-state index in [1.165, 1.54) is 25.3 Å². The summed E-state index contributed by atoms with van der Waals surface area (Å²) in [4.78, 5) is 28.2. The van der Waals surface area contributed by atoms with Gasteiger partial charge in [0, 0.05) is 6.04 Å². The van der Waals surface area contributed by atoms with Crippen LogP contribution in [0.3, 0.4) is 0 Å². The quantitative estimate of drug-likeness (QED) is 0.173. The smallest absolute Gasteiger partial charge is 0.315 e. The summed E-state index contributed by atoms with van der Waals surface area (Å²) in [7, 11) is 1.51. The second kappa shape index (κ2) is 10.2. The highest BCUT2D eigenvalue weighted by atomic mass is 35.5. The maximum Gasteiger partial charge on any atom is 0.315 e. The highest BCUT2D eigenvalue weighted by Gasteiger charge is 2.61. The summed E-state index contributed by atoms with van der Waals surface area (Å²) >= 11 is 18.4. The van der Waals surface area contributed by atoms with E-state index in [-0.39, 0.29) is 39.7 Å². The standard InChI is InChI=1S/C25H27Cl2NO4S2/c1-25(2)16(13-20(26)27)21(25)23(30)32-17-10-9-14(11-18(17)31-3)12-19-22(29)28(24(33)34-19)15-7-5-4-6-8-15/h9-13,15-16,21H,4-8H2,1-3H3/b19-12-/t16-,21-/m0/s1. The molecule has 1 heterocycles. The molecule has 1 aromatic carbocycles. The lowest BCUT2D eigenvalue weighted by Gasteiger charge is -2.29.